The van der Waals surface area contributed by atoms with Gasteiger partial charge in [-0.2, -0.15) is 0 Å². The predicted octanol–water partition coefficient (Wildman–Crippen LogP) is 3.04. The average molecular weight is 290 g/mol. The second kappa shape index (κ2) is 5.01. The summed E-state index contributed by atoms with van der Waals surface area (Å²) in [5.74, 6) is -0.0106. The molecule has 0 radical (unpaired) electrons. The number of rotatable bonds is 2. The van der Waals surface area contributed by atoms with Gasteiger partial charge in [-0.25, -0.2) is 9.78 Å². The molecule has 21 heavy (non-hydrogen) atoms. The highest BCUT2D eigenvalue weighted by Crippen LogP contribution is 2.24. The first-order chi connectivity index (χ1) is 9.68. The number of nitrogens with zero attached hydrogens (tertiary/aromatic N) is 2. The smallest absolute Gasteiger partial charge is 0.362 e. The Hall–Kier alpha value is -2.70. The molecule has 110 valence electrons. The maximum absolute atomic E-state index is 11.8. The lowest BCUT2D eigenvalue weighted by atomic mass is 9.93. The van der Waals surface area contributed by atoms with Crippen LogP contribution in [0.1, 0.15) is 26.5 Å². The van der Waals surface area contributed by atoms with Gasteiger partial charge in [0.2, 0.25) is 0 Å². The summed E-state index contributed by atoms with van der Waals surface area (Å²) in [6.45, 7) is 5.35. The number of nitro benzene ring substituents is 1. The number of aromatic nitrogens is 1. The zero-order chi connectivity index (χ0) is 15.8. The summed E-state index contributed by atoms with van der Waals surface area (Å²) in [4.78, 5) is 26.0. The lowest BCUT2D eigenvalue weighted by Gasteiger charge is -2.16. The Balaban J connectivity index is 2.59. The fourth-order valence-electron chi connectivity index (χ4n) is 1.56. The molecule has 7 heteroatoms. The van der Waals surface area contributed by atoms with Crippen LogP contribution in [0.25, 0.3) is 17.2 Å². The molecule has 0 atom stereocenters. The van der Waals surface area contributed by atoms with Crippen LogP contribution < -0.4 is 5.63 Å². The van der Waals surface area contributed by atoms with Crippen LogP contribution in [0.15, 0.2) is 33.2 Å². The molecule has 0 aliphatic rings. The van der Waals surface area contributed by atoms with Crippen LogP contribution in [0.2, 0.25) is 0 Å². The molecule has 0 fully saturated rings. The van der Waals surface area contributed by atoms with Gasteiger partial charge in [0.25, 0.3) is 5.69 Å². The quantitative estimate of drug-likeness (QED) is 0.517. The van der Waals surface area contributed by atoms with Gasteiger partial charge >= 0.3 is 5.63 Å². The van der Waals surface area contributed by atoms with E-state index in [0.717, 1.165) is 6.07 Å². The second-order valence-electron chi connectivity index (χ2n) is 5.58. The van der Waals surface area contributed by atoms with E-state index in [2.05, 4.69) is 4.98 Å². The number of fused-ring (bicyclic) bond motifs is 1. The predicted molar refractivity (Wildman–Crippen MR) is 77.0 cm³/mol. The highest BCUT2D eigenvalue weighted by molar-refractivity contribution is 5.75. The Labute approximate surface area is 119 Å². The number of allylic oxidation sites excluding steroid dienone is 1. The summed E-state index contributed by atoms with van der Waals surface area (Å²) in [7, 11) is 0. The number of hydrogen-bond acceptors (Lipinski definition) is 6. The van der Waals surface area contributed by atoms with Crippen molar-refractivity contribution in [1.82, 2.24) is 4.98 Å². The molecule has 0 saturated heterocycles. The summed E-state index contributed by atoms with van der Waals surface area (Å²) in [6.07, 6.45) is 1.24. The molecule has 0 unspecified atom stereocenters. The van der Waals surface area contributed by atoms with Gasteiger partial charge in [0.15, 0.2) is 11.3 Å². The average Bonchev–Trinajstić information content (AvgIpc) is 2.37. The van der Waals surface area contributed by atoms with Gasteiger partial charge in [-0.15, -0.1) is 0 Å². The molecule has 0 saturated carbocycles. The van der Waals surface area contributed by atoms with E-state index in [4.69, 9.17) is 4.42 Å². The van der Waals surface area contributed by atoms with Gasteiger partial charge in [0, 0.05) is 17.6 Å². The lowest BCUT2D eigenvalue weighted by Crippen LogP contribution is -2.12. The summed E-state index contributed by atoms with van der Waals surface area (Å²) in [5.41, 5.74) is -1.20. The minimum absolute atomic E-state index is 0.0106. The van der Waals surface area contributed by atoms with E-state index >= 15 is 0 Å². The highest BCUT2D eigenvalue weighted by Gasteiger charge is 2.18. The van der Waals surface area contributed by atoms with Crippen LogP contribution >= 0.6 is 0 Å². The summed E-state index contributed by atoms with van der Waals surface area (Å²) < 4.78 is 5.02. The van der Waals surface area contributed by atoms with Crippen molar-refractivity contribution in [3.05, 3.63) is 50.2 Å². The number of nitro groups is 1. The summed E-state index contributed by atoms with van der Waals surface area (Å²) in [6, 6.07) is 3.80. The molecule has 0 bridgehead atoms. The maximum atomic E-state index is 11.8. The van der Waals surface area contributed by atoms with Gasteiger partial charge in [0.1, 0.15) is 5.52 Å². The van der Waals surface area contributed by atoms with Gasteiger partial charge in [-0.05, 0) is 6.07 Å². The standard InChI is InChI=1S/C14H14N2O5/c1-14(2,3)12(17)7-10-13(18)21-11-6-8(16(19)20)4-5-9(11)15-10/h4-7,17H,1-3H3/b12-7-. The Kier molecular flexibility index (Phi) is 3.51. The number of hydrogen-bond donors (Lipinski definition) is 1. The van der Waals surface area contributed by atoms with E-state index in [-0.39, 0.29) is 22.7 Å². The largest absolute Gasteiger partial charge is 0.512 e. The number of benzene rings is 1. The van der Waals surface area contributed by atoms with Crippen molar-refractivity contribution in [2.75, 3.05) is 0 Å². The lowest BCUT2D eigenvalue weighted by molar-refractivity contribution is -0.384. The van der Waals surface area contributed by atoms with Crippen molar-refractivity contribution in [3.63, 3.8) is 0 Å². The Morgan fingerprint density at radius 2 is 2.10 bits per heavy atom. The minimum atomic E-state index is -0.765. The molecule has 0 aliphatic carbocycles. The second-order valence-corrected chi connectivity index (χ2v) is 5.58. The van der Waals surface area contributed by atoms with Gasteiger partial charge in [0.05, 0.1) is 16.7 Å². The topological polar surface area (TPSA) is 106 Å². The molecule has 1 aromatic carbocycles. The van der Waals surface area contributed by atoms with E-state index < -0.39 is 16.0 Å². The molecule has 0 spiro atoms. The van der Waals surface area contributed by atoms with Crippen molar-refractivity contribution >= 4 is 22.9 Å². The SMILES string of the molecule is CC(C)(C)/C(O)=C/c1nc2ccc([N+](=O)[O-])cc2oc1=O. The first-order valence-corrected chi connectivity index (χ1v) is 6.19. The first kappa shape index (κ1) is 14.7. The minimum Gasteiger partial charge on any atom is -0.512 e. The van der Waals surface area contributed by atoms with Gasteiger partial charge in [-0.3, -0.25) is 10.1 Å². The van der Waals surface area contributed by atoms with Crippen molar-refractivity contribution < 1.29 is 14.4 Å². The third-order valence-electron chi connectivity index (χ3n) is 2.85. The molecule has 0 amide bonds. The van der Waals surface area contributed by atoms with Crippen LogP contribution in [0.3, 0.4) is 0 Å². The zero-order valence-electron chi connectivity index (χ0n) is 11.8. The fraction of sp³-hybridized carbons (Fsp3) is 0.286. The monoisotopic (exact) mass is 290 g/mol. The van der Waals surface area contributed by atoms with Crippen LogP contribution in [0.4, 0.5) is 5.69 Å². The molecular weight excluding hydrogens is 276 g/mol. The molecule has 1 aromatic heterocycles. The maximum Gasteiger partial charge on any atom is 0.362 e. The van der Waals surface area contributed by atoms with Crippen molar-refractivity contribution in [1.29, 1.82) is 0 Å². The van der Waals surface area contributed by atoms with Gasteiger partial charge in [-0.1, -0.05) is 20.8 Å². The highest BCUT2D eigenvalue weighted by atomic mass is 16.6. The molecule has 0 aliphatic heterocycles. The number of non-ortho nitro benzene ring substituents is 1. The van der Waals surface area contributed by atoms with E-state index in [1.54, 1.807) is 20.8 Å². The van der Waals surface area contributed by atoms with Crippen molar-refractivity contribution in [2.45, 2.75) is 20.8 Å². The number of aliphatic hydroxyl groups is 1. The third-order valence-corrected chi connectivity index (χ3v) is 2.85. The van der Waals surface area contributed by atoms with E-state index in [0.29, 0.717) is 5.52 Å². The van der Waals surface area contributed by atoms with Crippen LogP contribution in [0, 0.1) is 15.5 Å². The molecule has 1 heterocycles. The fourth-order valence-corrected chi connectivity index (χ4v) is 1.56. The van der Waals surface area contributed by atoms with Crippen LogP contribution in [-0.4, -0.2) is 15.0 Å². The molecule has 2 aromatic rings. The zero-order valence-corrected chi connectivity index (χ0v) is 11.8. The van der Waals surface area contributed by atoms with Crippen molar-refractivity contribution in [2.24, 2.45) is 5.41 Å². The molecule has 7 nitrogen and oxygen atoms in total. The Morgan fingerprint density at radius 1 is 1.43 bits per heavy atom. The molecule has 1 N–H and O–H groups in total. The van der Waals surface area contributed by atoms with E-state index in [9.17, 15) is 20.0 Å². The Bertz CT molecular complexity index is 799. The van der Waals surface area contributed by atoms with E-state index in [1.165, 1.54) is 18.2 Å². The third kappa shape index (κ3) is 3.07. The van der Waals surface area contributed by atoms with E-state index in [1.807, 2.05) is 0 Å². The van der Waals surface area contributed by atoms with Crippen LogP contribution in [0.5, 0.6) is 0 Å². The molecule has 2 rings (SSSR count). The number of aliphatic hydroxyl groups excluding tert-OH is 1. The Morgan fingerprint density at radius 3 is 2.67 bits per heavy atom. The van der Waals surface area contributed by atoms with Crippen LogP contribution in [-0.2, 0) is 0 Å². The summed E-state index contributed by atoms with van der Waals surface area (Å²) in [5, 5.41) is 20.6. The normalized spacial score (nSPS) is 12.6. The van der Waals surface area contributed by atoms with Crippen molar-refractivity contribution in [3.8, 4) is 0 Å². The summed E-state index contributed by atoms with van der Waals surface area (Å²) >= 11 is 0. The first-order valence-electron chi connectivity index (χ1n) is 6.19. The molecular formula is C14H14N2O5. The van der Waals surface area contributed by atoms with Gasteiger partial charge < -0.3 is 9.52 Å².